The maximum atomic E-state index is 11.8. The van der Waals surface area contributed by atoms with Crippen molar-refractivity contribution in [3.63, 3.8) is 0 Å². The monoisotopic (exact) mass is 663 g/mol. The standard InChI is InChI=1S/C11H20N3O3PS.C10H19N2O4PS3/c1-6-14(7-2)11-12-9(3)8-10(13-11)17-18(19,15-4)16-5;1-5-14-17(18,15-6-2)19-7-12-10(13)20-9(11-12)16-8(3)4/h8H,6-7H2,1-5H3;8H,5-7H2,1-4H3. The minimum Gasteiger partial charge on any atom is -0.466 e. The van der Waals surface area contributed by atoms with Crippen LogP contribution in [0, 0.1) is 6.92 Å². The third-order valence-electron chi connectivity index (χ3n) is 4.35. The Morgan fingerprint density at radius 3 is 2.15 bits per heavy atom. The van der Waals surface area contributed by atoms with Crippen LogP contribution >= 0.6 is 35.1 Å². The minimum atomic E-state index is -2.77. The molecule has 0 saturated heterocycles. The number of aryl methyl sites for hydroxylation is 1. The molecule has 0 aliphatic carbocycles. The fourth-order valence-electron chi connectivity index (χ4n) is 2.65. The molecule has 0 N–H and O–H groups in total. The van der Waals surface area contributed by atoms with Crippen LogP contribution in [0.1, 0.15) is 47.2 Å². The summed E-state index contributed by atoms with van der Waals surface area (Å²) in [7, 11) is 2.92. The first kappa shape index (κ1) is 36.4. The van der Waals surface area contributed by atoms with E-state index in [4.69, 9.17) is 51.0 Å². The molecule has 0 atom stereocenters. The lowest BCUT2D eigenvalue weighted by Gasteiger charge is -2.21. The SMILES string of the molecule is CCN(CC)c1nc(C)cc(OP(=S)(OC)OC)n1.CCOP(=S)(OCC)SCn1nc(OC(C)C)sc1=O. The fourth-order valence-corrected chi connectivity index (χ4v) is 8.50. The number of nitrogens with zero attached hydrogens (tertiary/aromatic N) is 5. The Labute approximate surface area is 249 Å². The molecular weight excluding hydrogens is 624 g/mol. The summed E-state index contributed by atoms with van der Waals surface area (Å²) in [6.07, 6.45) is -0.0148. The maximum absolute atomic E-state index is 11.8. The van der Waals surface area contributed by atoms with Crippen molar-refractivity contribution in [1.82, 2.24) is 19.7 Å². The van der Waals surface area contributed by atoms with Gasteiger partial charge in [-0.15, -0.1) is 5.10 Å². The normalized spacial score (nSPS) is 11.7. The molecule has 0 radical (unpaired) electrons. The lowest BCUT2D eigenvalue weighted by Crippen LogP contribution is -2.24. The highest BCUT2D eigenvalue weighted by atomic mass is 32.9. The van der Waals surface area contributed by atoms with Crippen LogP contribution in [0.15, 0.2) is 10.9 Å². The molecule has 0 bridgehead atoms. The first-order valence-electron chi connectivity index (χ1n) is 12.2. The summed E-state index contributed by atoms with van der Waals surface area (Å²) in [6.45, 7) is 13.3. The second kappa shape index (κ2) is 18.0. The van der Waals surface area contributed by atoms with Crippen LogP contribution in [0.2, 0.25) is 0 Å². The van der Waals surface area contributed by atoms with Crippen molar-refractivity contribution in [2.75, 3.05) is 45.4 Å². The Morgan fingerprint density at radius 2 is 1.67 bits per heavy atom. The second-order valence-corrected chi connectivity index (χ2v) is 17.9. The second-order valence-electron chi connectivity index (χ2n) is 7.56. The van der Waals surface area contributed by atoms with Crippen molar-refractivity contribution in [2.45, 2.75) is 60.4 Å². The van der Waals surface area contributed by atoms with Crippen molar-refractivity contribution in [1.29, 1.82) is 0 Å². The Balaban J connectivity index is 0.000000391. The molecule has 0 saturated carbocycles. The number of hydrogen-bond acceptors (Lipinski definition) is 15. The summed E-state index contributed by atoms with van der Waals surface area (Å²) in [5.74, 6) is 1.30. The summed E-state index contributed by atoms with van der Waals surface area (Å²) in [5, 5.41) is 4.48. The van der Waals surface area contributed by atoms with Gasteiger partial charge in [0, 0.05) is 50.9 Å². The van der Waals surface area contributed by atoms with Gasteiger partial charge in [-0.05, 0) is 83.0 Å². The van der Waals surface area contributed by atoms with Gasteiger partial charge in [-0.3, -0.25) is 4.79 Å². The Hall–Kier alpha value is -0.670. The molecule has 0 unspecified atom stereocenters. The van der Waals surface area contributed by atoms with Gasteiger partial charge in [-0.2, -0.15) is 4.98 Å². The van der Waals surface area contributed by atoms with Gasteiger partial charge in [0.2, 0.25) is 17.5 Å². The Bertz CT molecular complexity index is 1150. The van der Waals surface area contributed by atoms with Crippen LogP contribution in [-0.2, 0) is 47.6 Å². The summed E-state index contributed by atoms with van der Waals surface area (Å²) >= 11 is 12.8. The molecule has 2 rings (SSSR count). The summed E-state index contributed by atoms with van der Waals surface area (Å²) in [6, 6.07) is 1.71. The molecule has 0 fully saturated rings. The van der Waals surface area contributed by atoms with E-state index in [1.54, 1.807) is 6.07 Å². The van der Waals surface area contributed by atoms with Gasteiger partial charge >= 0.3 is 11.6 Å². The van der Waals surface area contributed by atoms with E-state index in [0.29, 0.717) is 36.1 Å². The van der Waals surface area contributed by atoms with Crippen molar-refractivity contribution in [3.8, 4) is 11.1 Å². The Kier molecular flexibility index (Phi) is 16.8. The molecule has 2 heterocycles. The van der Waals surface area contributed by atoms with Crippen molar-refractivity contribution >= 4 is 64.7 Å². The average Bonchev–Trinajstić information content (AvgIpc) is 3.22. The molecule has 12 nitrogen and oxygen atoms in total. The minimum absolute atomic E-state index is 0.0148. The third-order valence-corrected chi connectivity index (χ3v) is 12.8. The van der Waals surface area contributed by atoms with Crippen LogP contribution in [0.3, 0.4) is 0 Å². The quantitative estimate of drug-likeness (QED) is 0.207. The van der Waals surface area contributed by atoms with E-state index < -0.39 is 12.4 Å². The highest BCUT2D eigenvalue weighted by Crippen LogP contribution is 2.61. The van der Waals surface area contributed by atoms with Gasteiger partial charge in [0.15, 0.2) is 0 Å². The summed E-state index contributed by atoms with van der Waals surface area (Å²) in [4.78, 5) is 22.4. The number of rotatable bonds is 16. The molecule has 39 heavy (non-hydrogen) atoms. The first-order valence-corrected chi connectivity index (χ1v) is 19.8. The zero-order valence-corrected chi connectivity index (χ0v) is 28.9. The smallest absolute Gasteiger partial charge is 0.381 e. The zero-order chi connectivity index (χ0) is 29.6. The van der Waals surface area contributed by atoms with Crippen LogP contribution in [0.4, 0.5) is 5.95 Å². The summed E-state index contributed by atoms with van der Waals surface area (Å²) < 4.78 is 33.5. The lowest BCUT2D eigenvalue weighted by molar-refractivity contribution is 0.237. The molecule has 2 aromatic heterocycles. The topological polar surface area (TPSA) is 119 Å². The van der Waals surface area contributed by atoms with E-state index in [9.17, 15) is 4.79 Å². The molecule has 224 valence electrons. The molecule has 0 aliphatic rings. The van der Waals surface area contributed by atoms with E-state index in [0.717, 1.165) is 30.1 Å². The number of anilines is 1. The summed E-state index contributed by atoms with van der Waals surface area (Å²) in [5.41, 5.74) is -1.60. The fraction of sp³-hybridized carbons (Fsp3) is 0.714. The molecular formula is C21H39N5O7P2S4. The molecule has 0 spiro atoms. The third kappa shape index (κ3) is 12.8. The van der Waals surface area contributed by atoms with Crippen LogP contribution in [0.25, 0.3) is 0 Å². The Morgan fingerprint density at radius 1 is 1.08 bits per heavy atom. The van der Waals surface area contributed by atoms with Gasteiger partial charge in [-0.25, -0.2) is 9.67 Å². The van der Waals surface area contributed by atoms with E-state index in [-0.39, 0.29) is 11.0 Å². The van der Waals surface area contributed by atoms with Gasteiger partial charge in [0.1, 0.15) is 5.88 Å². The van der Waals surface area contributed by atoms with E-state index in [1.165, 1.54) is 30.3 Å². The van der Waals surface area contributed by atoms with Gasteiger partial charge in [0.25, 0.3) is 5.19 Å². The highest BCUT2D eigenvalue weighted by molar-refractivity contribution is 8.67. The lowest BCUT2D eigenvalue weighted by atomic mass is 10.4. The predicted molar refractivity (Wildman–Crippen MR) is 167 cm³/mol. The zero-order valence-electron chi connectivity index (χ0n) is 23.8. The van der Waals surface area contributed by atoms with Crippen molar-refractivity contribution in [3.05, 3.63) is 21.4 Å². The first-order chi connectivity index (χ1) is 18.4. The average molecular weight is 664 g/mol. The molecule has 0 aromatic carbocycles. The highest BCUT2D eigenvalue weighted by Gasteiger charge is 2.22. The molecule has 18 heteroatoms. The van der Waals surface area contributed by atoms with E-state index >= 15 is 0 Å². The number of ether oxygens (including phenoxy) is 1. The maximum Gasteiger partial charge on any atom is 0.381 e. The number of hydrogen-bond donors (Lipinski definition) is 0. The van der Waals surface area contributed by atoms with Crippen molar-refractivity contribution < 1.29 is 27.4 Å². The molecule has 0 aliphatic heterocycles. The van der Waals surface area contributed by atoms with Crippen LogP contribution in [-0.4, -0.2) is 66.4 Å². The van der Waals surface area contributed by atoms with Gasteiger partial charge in [-0.1, -0.05) is 0 Å². The van der Waals surface area contributed by atoms with Gasteiger partial charge in [0.05, 0.1) is 19.3 Å². The van der Waals surface area contributed by atoms with Gasteiger partial charge < -0.3 is 32.3 Å². The van der Waals surface area contributed by atoms with E-state index in [1.807, 2.05) is 53.4 Å². The van der Waals surface area contributed by atoms with E-state index in [2.05, 4.69) is 15.1 Å². The number of aromatic nitrogens is 4. The van der Waals surface area contributed by atoms with Crippen molar-refractivity contribution in [2.24, 2.45) is 0 Å². The van der Waals surface area contributed by atoms with Crippen LogP contribution in [0.5, 0.6) is 11.1 Å². The molecule has 0 amide bonds. The predicted octanol–water partition coefficient (Wildman–Crippen LogP) is 5.61. The molecule has 2 aromatic rings. The largest absolute Gasteiger partial charge is 0.466 e. The van der Waals surface area contributed by atoms with Crippen LogP contribution < -0.4 is 19.0 Å².